The van der Waals surface area contributed by atoms with Crippen LogP contribution in [0.5, 0.6) is 0 Å². The topological polar surface area (TPSA) is 26.3 Å². The van der Waals surface area contributed by atoms with Gasteiger partial charge in [0.2, 0.25) is 0 Å². The van der Waals surface area contributed by atoms with Gasteiger partial charge < -0.3 is 4.74 Å². The van der Waals surface area contributed by atoms with Crippen molar-refractivity contribution in [3.63, 3.8) is 0 Å². The Morgan fingerprint density at radius 3 is 2.29 bits per heavy atom. The monoisotopic (exact) mass is 394 g/mol. The van der Waals surface area contributed by atoms with Crippen LogP contribution in [0.3, 0.4) is 0 Å². The molecule has 1 saturated carbocycles. The third-order valence-corrected chi connectivity index (χ3v) is 6.96. The van der Waals surface area contributed by atoms with E-state index in [1.807, 2.05) is 24.3 Å². The minimum atomic E-state index is -0.395. The zero-order chi connectivity index (χ0) is 20.1. The molecule has 0 unspecified atom stereocenters. The lowest BCUT2D eigenvalue weighted by molar-refractivity contribution is -0.148. The fraction of sp³-hybridized carbons (Fsp3) is 0.400. The van der Waals surface area contributed by atoms with Gasteiger partial charge in [0, 0.05) is 5.02 Å². The molecule has 4 rings (SSSR count). The number of hydrogen-bond acceptors (Lipinski definition) is 2. The first-order chi connectivity index (χ1) is 13.3. The van der Waals surface area contributed by atoms with Crippen molar-refractivity contribution in [2.24, 2.45) is 5.92 Å². The molecule has 0 aromatic heterocycles. The highest BCUT2D eigenvalue weighted by atomic mass is 35.5. The van der Waals surface area contributed by atoms with Crippen LogP contribution in [0.1, 0.15) is 56.2 Å². The Balaban J connectivity index is 1.84. The van der Waals surface area contributed by atoms with Crippen LogP contribution in [0.4, 0.5) is 0 Å². The summed E-state index contributed by atoms with van der Waals surface area (Å²) >= 11 is 6.06. The second-order valence-electron chi connectivity index (χ2n) is 8.50. The van der Waals surface area contributed by atoms with Gasteiger partial charge in [0.05, 0.1) is 5.57 Å². The Bertz CT molecular complexity index is 961. The number of hydrogen-bond donors (Lipinski definition) is 0. The molecule has 2 aliphatic rings. The van der Waals surface area contributed by atoms with Gasteiger partial charge in [-0.05, 0) is 97.9 Å². The van der Waals surface area contributed by atoms with Crippen molar-refractivity contribution in [3.05, 3.63) is 63.7 Å². The van der Waals surface area contributed by atoms with Crippen LogP contribution in [0, 0.1) is 19.8 Å². The lowest BCUT2D eigenvalue weighted by Gasteiger charge is -2.36. The zero-order valence-electron chi connectivity index (χ0n) is 17.1. The molecule has 2 nitrogen and oxygen atoms in total. The summed E-state index contributed by atoms with van der Waals surface area (Å²) in [6, 6.07) is 12.1. The molecule has 0 saturated heterocycles. The van der Waals surface area contributed by atoms with E-state index in [-0.39, 0.29) is 5.97 Å². The number of rotatable bonds is 2. The number of carbonyl (C=O) groups is 1. The molecule has 1 aliphatic carbocycles. The van der Waals surface area contributed by atoms with Crippen LogP contribution in [0.25, 0.3) is 16.7 Å². The summed E-state index contributed by atoms with van der Waals surface area (Å²) in [7, 11) is 0. The van der Waals surface area contributed by atoms with Crippen molar-refractivity contribution in [3.8, 4) is 11.1 Å². The summed E-state index contributed by atoms with van der Waals surface area (Å²) in [5, 5.41) is 0.722. The molecule has 0 amide bonds. The second kappa shape index (κ2) is 7.08. The summed E-state index contributed by atoms with van der Waals surface area (Å²) in [5.41, 5.74) is 7.00. The molecular formula is C25H27ClO2. The van der Waals surface area contributed by atoms with E-state index in [2.05, 4.69) is 39.8 Å². The number of esters is 1. The van der Waals surface area contributed by atoms with Gasteiger partial charge in [-0.3, -0.25) is 0 Å². The lowest BCUT2D eigenvalue weighted by Crippen LogP contribution is -2.35. The van der Waals surface area contributed by atoms with Gasteiger partial charge in [0.25, 0.3) is 0 Å². The number of aryl methyl sites for hydroxylation is 1. The van der Waals surface area contributed by atoms with E-state index in [4.69, 9.17) is 16.3 Å². The molecule has 1 fully saturated rings. The molecule has 1 spiro atoms. The fourth-order valence-electron chi connectivity index (χ4n) is 4.85. The predicted octanol–water partition coefficient (Wildman–Crippen LogP) is 6.90. The number of halogens is 1. The van der Waals surface area contributed by atoms with E-state index in [9.17, 15) is 4.79 Å². The molecular weight excluding hydrogens is 368 g/mol. The number of carbonyl (C=O) groups excluding carboxylic acids is 1. The Labute approximate surface area is 172 Å². The van der Waals surface area contributed by atoms with Crippen molar-refractivity contribution < 1.29 is 9.53 Å². The molecule has 2 aromatic rings. The van der Waals surface area contributed by atoms with Crippen LogP contribution < -0.4 is 0 Å². The van der Waals surface area contributed by atoms with Crippen molar-refractivity contribution in [2.75, 3.05) is 0 Å². The van der Waals surface area contributed by atoms with E-state index in [0.717, 1.165) is 69.7 Å². The average Bonchev–Trinajstić information content (AvgIpc) is 2.90. The Morgan fingerprint density at radius 1 is 1.00 bits per heavy atom. The maximum Gasteiger partial charge on any atom is 0.339 e. The van der Waals surface area contributed by atoms with Crippen molar-refractivity contribution >= 4 is 23.1 Å². The molecule has 146 valence electrons. The molecule has 0 radical (unpaired) electrons. The summed E-state index contributed by atoms with van der Waals surface area (Å²) in [4.78, 5) is 13.0. The molecule has 3 heteroatoms. The molecule has 28 heavy (non-hydrogen) atoms. The maximum absolute atomic E-state index is 13.0. The third-order valence-electron chi connectivity index (χ3n) is 6.71. The fourth-order valence-corrected chi connectivity index (χ4v) is 4.98. The molecule has 0 atom stereocenters. The zero-order valence-corrected chi connectivity index (χ0v) is 17.8. The van der Waals surface area contributed by atoms with Gasteiger partial charge >= 0.3 is 5.97 Å². The Morgan fingerprint density at radius 2 is 1.64 bits per heavy atom. The van der Waals surface area contributed by atoms with Crippen LogP contribution in [0.2, 0.25) is 5.02 Å². The number of benzene rings is 2. The van der Waals surface area contributed by atoms with Gasteiger partial charge in [0.15, 0.2) is 0 Å². The first kappa shape index (κ1) is 19.3. The average molecular weight is 395 g/mol. The standard InChI is InChI=1S/C25H27ClO2/c1-15-11-13-25(14-12-15)18(4)23(24(27)28-25)22-16(2)5-10-21(17(22)3)19-6-8-20(26)9-7-19/h5-10,15H,11-14H2,1-4H3. The van der Waals surface area contributed by atoms with E-state index < -0.39 is 5.60 Å². The van der Waals surface area contributed by atoms with Crippen molar-refractivity contribution in [2.45, 2.75) is 59.0 Å². The van der Waals surface area contributed by atoms with Gasteiger partial charge in [-0.25, -0.2) is 4.79 Å². The van der Waals surface area contributed by atoms with Crippen molar-refractivity contribution in [1.29, 1.82) is 0 Å². The minimum absolute atomic E-state index is 0.161. The lowest BCUT2D eigenvalue weighted by atomic mass is 9.74. The SMILES string of the molecule is CC1=C(c2c(C)ccc(-c3ccc(Cl)cc3)c2C)C(=O)OC12CCC(C)CC2. The quantitative estimate of drug-likeness (QED) is 0.517. The first-order valence-electron chi connectivity index (χ1n) is 10.1. The number of ether oxygens (including phenoxy) is 1. The predicted molar refractivity (Wildman–Crippen MR) is 115 cm³/mol. The Kier molecular flexibility index (Phi) is 4.87. The highest BCUT2D eigenvalue weighted by Gasteiger charge is 2.47. The maximum atomic E-state index is 13.0. The Hall–Kier alpha value is -2.06. The second-order valence-corrected chi connectivity index (χ2v) is 8.94. The van der Waals surface area contributed by atoms with E-state index >= 15 is 0 Å². The highest BCUT2D eigenvalue weighted by molar-refractivity contribution is 6.30. The largest absolute Gasteiger partial charge is 0.451 e. The van der Waals surface area contributed by atoms with Gasteiger partial charge in [-0.2, -0.15) is 0 Å². The van der Waals surface area contributed by atoms with Crippen LogP contribution >= 0.6 is 11.6 Å². The van der Waals surface area contributed by atoms with Gasteiger partial charge in [-0.1, -0.05) is 42.8 Å². The molecule has 0 N–H and O–H groups in total. The van der Waals surface area contributed by atoms with Gasteiger partial charge in [-0.15, -0.1) is 0 Å². The molecule has 1 heterocycles. The van der Waals surface area contributed by atoms with Crippen molar-refractivity contribution in [1.82, 2.24) is 0 Å². The minimum Gasteiger partial charge on any atom is -0.451 e. The van der Waals surface area contributed by atoms with E-state index in [1.165, 1.54) is 0 Å². The van der Waals surface area contributed by atoms with Gasteiger partial charge in [0.1, 0.15) is 5.60 Å². The summed E-state index contributed by atoms with van der Waals surface area (Å²) in [6.07, 6.45) is 4.09. The van der Waals surface area contributed by atoms with Crippen LogP contribution in [0.15, 0.2) is 42.0 Å². The smallest absolute Gasteiger partial charge is 0.339 e. The summed E-state index contributed by atoms with van der Waals surface area (Å²) in [6.45, 7) is 8.57. The highest BCUT2D eigenvalue weighted by Crippen LogP contribution is 2.48. The summed E-state index contributed by atoms with van der Waals surface area (Å²) < 4.78 is 6.06. The van der Waals surface area contributed by atoms with E-state index in [1.54, 1.807) is 0 Å². The first-order valence-corrected chi connectivity index (χ1v) is 10.5. The molecule has 0 bridgehead atoms. The van der Waals surface area contributed by atoms with Crippen LogP contribution in [-0.4, -0.2) is 11.6 Å². The molecule has 1 aliphatic heterocycles. The third kappa shape index (κ3) is 3.08. The van der Waals surface area contributed by atoms with E-state index in [0.29, 0.717) is 5.92 Å². The summed E-state index contributed by atoms with van der Waals surface area (Å²) in [5.74, 6) is 0.546. The normalized spacial score (nSPS) is 24.8. The molecule has 2 aromatic carbocycles. The van der Waals surface area contributed by atoms with Crippen LogP contribution in [-0.2, 0) is 9.53 Å².